The lowest BCUT2D eigenvalue weighted by atomic mass is 10.2. The summed E-state index contributed by atoms with van der Waals surface area (Å²) in [6.07, 6.45) is 3.68. The van der Waals surface area contributed by atoms with Gasteiger partial charge < -0.3 is 4.90 Å². The van der Waals surface area contributed by atoms with Crippen LogP contribution in [0.3, 0.4) is 0 Å². The minimum atomic E-state index is -0.275. The Morgan fingerprint density at radius 3 is 2.35 bits per heavy atom. The maximum Gasteiger partial charge on any atom is 0.226 e. The van der Waals surface area contributed by atoms with Gasteiger partial charge in [0, 0.05) is 18.7 Å². The predicted octanol–water partition coefficient (Wildman–Crippen LogP) is 3.76. The maximum atomic E-state index is 12.8. The summed E-state index contributed by atoms with van der Waals surface area (Å²) in [6, 6.07) is 6.07. The van der Waals surface area contributed by atoms with Crippen molar-refractivity contribution >= 4 is 11.6 Å². The van der Waals surface area contributed by atoms with Crippen molar-refractivity contribution in [2.24, 2.45) is 0 Å². The Balaban J connectivity index is 2.64. The van der Waals surface area contributed by atoms with E-state index in [1.807, 2.05) is 6.92 Å². The molecule has 1 rings (SSSR count). The van der Waals surface area contributed by atoms with Gasteiger partial charge in [-0.15, -0.1) is 0 Å². The Morgan fingerprint density at radius 1 is 1.18 bits per heavy atom. The average molecular weight is 237 g/mol. The Labute approximate surface area is 102 Å². The number of carbonyl (C=O) groups excluding carboxylic acids is 1. The summed E-state index contributed by atoms with van der Waals surface area (Å²) < 4.78 is 12.8. The molecule has 0 aliphatic carbocycles. The largest absolute Gasteiger partial charge is 0.313 e. The molecule has 2 nitrogen and oxygen atoms in total. The first-order chi connectivity index (χ1) is 8.19. The number of unbranched alkanes of at least 4 members (excludes halogenated alkanes) is 2. The van der Waals surface area contributed by atoms with E-state index in [-0.39, 0.29) is 11.7 Å². The third kappa shape index (κ3) is 4.17. The third-order valence-electron chi connectivity index (χ3n) is 2.75. The zero-order chi connectivity index (χ0) is 12.7. The quantitative estimate of drug-likeness (QED) is 0.690. The fourth-order valence-corrected chi connectivity index (χ4v) is 1.79. The van der Waals surface area contributed by atoms with E-state index in [1.54, 1.807) is 17.0 Å². The number of hydrogen-bond acceptors (Lipinski definition) is 1. The monoisotopic (exact) mass is 237 g/mol. The summed E-state index contributed by atoms with van der Waals surface area (Å²) in [5, 5.41) is 0. The molecule has 94 valence electrons. The summed E-state index contributed by atoms with van der Waals surface area (Å²) in [7, 11) is 0. The van der Waals surface area contributed by atoms with Crippen LogP contribution in [0.5, 0.6) is 0 Å². The van der Waals surface area contributed by atoms with Crippen LogP contribution in [0, 0.1) is 5.82 Å². The summed E-state index contributed by atoms with van der Waals surface area (Å²) in [5.41, 5.74) is 0.774. The Morgan fingerprint density at radius 2 is 1.82 bits per heavy atom. The van der Waals surface area contributed by atoms with Gasteiger partial charge in [0.2, 0.25) is 5.91 Å². The number of anilines is 1. The standard InChI is InChI=1S/C14H20FNO/c1-3-5-6-7-14(17)16(4-2)13-10-8-12(15)9-11-13/h8-11H,3-7H2,1-2H3. The first-order valence-electron chi connectivity index (χ1n) is 6.25. The second-order valence-electron chi connectivity index (χ2n) is 4.07. The highest BCUT2D eigenvalue weighted by Crippen LogP contribution is 2.16. The third-order valence-corrected chi connectivity index (χ3v) is 2.75. The number of nitrogens with zero attached hydrogens (tertiary/aromatic N) is 1. The van der Waals surface area contributed by atoms with Gasteiger partial charge in [-0.1, -0.05) is 19.8 Å². The molecule has 3 heteroatoms. The fraction of sp³-hybridized carbons (Fsp3) is 0.500. The fourth-order valence-electron chi connectivity index (χ4n) is 1.79. The highest BCUT2D eigenvalue weighted by atomic mass is 19.1. The Bertz CT molecular complexity index is 348. The van der Waals surface area contributed by atoms with Crippen molar-refractivity contribution in [1.82, 2.24) is 0 Å². The van der Waals surface area contributed by atoms with Gasteiger partial charge in [-0.25, -0.2) is 4.39 Å². The molecular weight excluding hydrogens is 217 g/mol. The van der Waals surface area contributed by atoms with Crippen molar-refractivity contribution in [3.05, 3.63) is 30.1 Å². The molecular formula is C14H20FNO. The van der Waals surface area contributed by atoms with Gasteiger partial charge in [-0.2, -0.15) is 0 Å². The number of rotatable bonds is 6. The minimum Gasteiger partial charge on any atom is -0.313 e. The lowest BCUT2D eigenvalue weighted by molar-refractivity contribution is -0.118. The normalized spacial score (nSPS) is 10.3. The zero-order valence-corrected chi connectivity index (χ0v) is 10.6. The molecule has 0 aliphatic heterocycles. The first kappa shape index (κ1) is 13.7. The number of amides is 1. The van der Waals surface area contributed by atoms with Crippen LogP contribution in [-0.4, -0.2) is 12.5 Å². The number of hydrogen-bond donors (Lipinski definition) is 0. The van der Waals surface area contributed by atoms with Crippen molar-refractivity contribution in [2.75, 3.05) is 11.4 Å². The van der Waals surface area contributed by atoms with Crippen molar-refractivity contribution in [3.63, 3.8) is 0 Å². The molecule has 0 atom stereocenters. The second-order valence-corrected chi connectivity index (χ2v) is 4.07. The highest BCUT2D eigenvalue weighted by Gasteiger charge is 2.12. The molecule has 1 amide bonds. The van der Waals surface area contributed by atoms with E-state index in [0.29, 0.717) is 13.0 Å². The van der Waals surface area contributed by atoms with Gasteiger partial charge in [0.05, 0.1) is 0 Å². The molecule has 0 fully saturated rings. The molecule has 0 bridgehead atoms. The average Bonchev–Trinajstić information content (AvgIpc) is 2.33. The van der Waals surface area contributed by atoms with Crippen LogP contribution in [-0.2, 0) is 4.79 Å². The van der Waals surface area contributed by atoms with Crippen LogP contribution in [0.15, 0.2) is 24.3 Å². The number of benzene rings is 1. The molecule has 0 heterocycles. The SMILES string of the molecule is CCCCCC(=O)N(CC)c1ccc(F)cc1. The van der Waals surface area contributed by atoms with Crippen LogP contribution in [0.2, 0.25) is 0 Å². The van der Waals surface area contributed by atoms with Crippen LogP contribution >= 0.6 is 0 Å². The molecule has 17 heavy (non-hydrogen) atoms. The summed E-state index contributed by atoms with van der Waals surface area (Å²) in [4.78, 5) is 13.7. The van der Waals surface area contributed by atoms with E-state index in [4.69, 9.17) is 0 Å². The van der Waals surface area contributed by atoms with Gasteiger partial charge in [0.1, 0.15) is 5.82 Å². The first-order valence-corrected chi connectivity index (χ1v) is 6.25. The van der Waals surface area contributed by atoms with Crippen molar-refractivity contribution < 1.29 is 9.18 Å². The van der Waals surface area contributed by atoms with E-state index in [1.165, 1.54) is 12.1 Å². The van der Waals surface area contributed by atoms with Gasteiger partial charge in [0.25, 0.3) is 0 Å². The van der Waals surface area contributed by atoms with E-state index in [0.717, 1.165) is 24.9 Å². The van der Waals surface area contributed by atoms with Crippen molar-refractivity contribution in [3.8, 4) is 0 Å². The van der Waals surface area contributed by atoms with Crippen molar-refractivity contribution in [1.29, 1.82) is 0 Å². The summed E-state index contributed by atoms with van der Waals surface area (Å²) in [5.74, 6) is -0.157. The lowest BCUT2D eigenvalue weighted by Gasteiger charge is -2.21. The van der Waals surface area contributed by atoms with Crippen molar-refractivity contribution in [2.45, 2.75) is 39.5 Å². The van der Waals surface area contributed by atoms with Gasteiger partial charge in [-0.3, -0.25) is 4.79 Å². The van der Waals surface area contributed by atoms with Crippen LogP contribution in [0.25, 0.3) is 0 Å². The predicted molar refractivity (Wildman–Crippen MR) is 68.6 cm³/mol. The maximum absolute atomic E-state index is 12.8. The molecule has 0 radical (unpaired) electrons. The molecule has 0 aromatic heterocycles. The minimum absolute atomic E-state index is 0.118. The molecule has 1 aromatic carbocycles. The molecule has 0 unspecified atom stereocenters. The molecule has 0 saturated heterocycles. The van der Waals surface area contributed by atoms with E-state index >= 15 is 0 Å². The van der Waals surface area contributed by atoms with Gasteiger partial charge >= 0.3 is 0 Å². The number of halogens is 1. The van der Waals surface area contributed by atoms with Gasteiger partial charge in [-0.05, 0) is 37.6 Å². The van der Waals surface area contributed by atoms with Crippen LogP contribution in [0.1, 0.15) is 39.5 Å². The molecule has 0 saturated carbocycles. The second kappa shape index (κ2) is 7.05. The highest BCUT2D eigenvalue weighted by molar-refractivity contribution is 5.93. The van der Waals surface area contributed by atoms with E-state index < -0.39 is 0 Å². The Kier molecular flexibility index (Phi) is 5.67. The molecule has 1 aromatic rings. The topological polar surface area (TPSA) is 20.3 Å². The number of carbonyl (C=O) groups is 1. The molecule has 0 spiro atoms. The van der Waals surface area contributed by atoms with Gasteiger partial charge in [0.15, 0.2) is 0 Å². The summed E-state index contributed by atoms with van der Waals surface area (Å²) in [6.45, 7) is 4.67. The summed E-state index contributed by atoms with van der Waals surface area (Å²) >= 11 is 0. The van der Waals surface area contributed by atoms with E-state index in [9.17, 15) is 9.18 Å². The molecule has 0 N–H and O–H groups in total. The lowest BCUT2D eigenvalue weighted by Crippen LogP contribution is -2.30. The Hall–Kier alpha value is -1.38. The van der Waals surface area contributed by atoms with Crippen LogP contribution < -0.4 is 4.90 Å². The van der Waals surface area contributed by atoms with Crippen LogP contribution in [0.4, 0.5) is 10.1 Å². The smallest absolute Gasteiger partial charge is 0.226 e. The zero-order valence-electron chi connectivity index (χ0n) is 10.6. The molecule has 0 aliphatic rings. The van der Waals surface area contributed by atoms with E-state index in [2.05, 4.69) is 6.92 Å².